The van der Waals surface area contributed by atoms with Crippen LogP contribution in [0, 0.1) is 0 Å². The summed E-state index contributed by atoms with van der Waals surface area (Å²) in [6, 6.07) is 19.9. The molecule has 0 atom stereocenters. The van der Waals surface area contributed by atoms with Gasteiger partial charge in [-0.3, -0.25) is 4.98 Å². The van der Waals surface area contributed by atoms with Crippen LogP contribution < -0.4 is 5.32 Å². The van der Waals surface area contributed by atoms with Gasteiger partial charge in [0.15, 0.2) is 0 Å². The van der Waals surface area contributed by atoms with Crippen LogP contribution >= 0.6 is 0 Å². The molecular weight excluding hydrogens is 324 g/mol. The third kappa shape index (κ3) is 4.77. The normalized spacial score (nSPS) is 10.5. The van der Waals surface area contributed by atoms with Gasteiger partial charge >= 0.3 is 5.97 Å². The zero-order valence-corrected chi connectivity index (χ0v) is 14.8. The summed E-state index contributed by atoms with van der Waals surface area (Å²) in [6.07, 6.45) is 3.65. The monoisotopic (exact) mass is 346 g/mol. The summed E-state index contributed by atoms with van der Waals surface area (Å²) in [7, 11) is 0. The summed E-state index contributed by atoms with van der Waals surface area (Å²) in [5.41, 5.74) is 5.17. The van der Waals surface area contributed by atoms with Crippen LogP contribution in [0.2, 0.25) is 0 Å². The van der Waals surface area contributed by atoms with Crippen molar-refractivity contribution in [3.63, 3.8) is 0 Å². The summed E-state index contributed by atoms with van der Waals surface area (Å²) in [4.78, 5) is 15.8. The average Bonchev–Trinajstić information content (AvgIpc) is 2.70. The van der Waals surface area contributed by atoms with E-state index in [1.54, 1.807) is 25.3 Å². The topological polar surface area (TPSA) is 51.2 Å². The Hall–Kier alpha value is -2.98. The van der Waals surface area contributed by atoms with E-state index in [2.05, 4.69) is 40.6 Å². The molecule has 0 aliphatic carbocycles. The number of aromatic nitrogens is 1. The largest absolute Gasteiger partial charge is 0.462 e. The second-order valence-corrected chi connectivity index (χ2v) is 5.96. The van der Waals surface area contributed by atoms with Crippen LogP contribution in [0.3, 0.4) is 0 Å². The molecule has 0 aliphatic heterocycles. The summed E-state index contributed by atoms with van der Waals surface area (Å²) in [6.45, 7) is 3.79. The maximum Gasteiger partial charge on any atom is 0.338 e. The van der Waals surface area contributed by atoms with Crippen LogP contribution in [0.15, 0.2) is 73.1 Å². The molecule has 1 heterocycles. The number of nitrogens with zero attached hydrogens (tertiary/aromatic N) is 1. The second-order valence-electron chi connectivity index (χ2n) is 5.96. The maximum absolute atomic E-state index is 11.7. The molecule has 0 unspecified atom stereocenters. The summed E-state index contributed by atoms with van der Waals surface area (Å²) >= 11 is 0. The van der Waals surface area contributed by atoms with Gasteiger partial charge < -0.3 is 10.1 Å². The molecule has 3 aromatic rings. The van der Waals surface area contributed by atoms with Gasteiger partial charge in [-0.05, 0) is 47.4 Å². The first-order valence-electron chi connectivity index (χ1n) is 8.72. The molecule has 26 heavy (non-hydrogen) atoms. The van der Waals surface area contributed by atoms with E-state index in [1.165, 1.54) is 11.1 Å². The van der Waals surface area contributed by atoms with E-state index < -0.39 is 0 Å². The zero-order valence-electron chi connectivity index (χ0n) is 14.8. The van der Waals surface area contributed by atoms with Crippen molar-refractivity contribution in [2.75, 3.05) is 6.61 Å². The molecule has 1 N–H and O–H groups in total. The van der Waals surface area contributed by atoms with E-state index in [1.807, 2.05) is 24.4 Å². The molecule has 0 radical (unpaired) electrons. The molecule has 0 saturated heterocycles. The molecule has 0 fully saturated rings. The lowest BCUT2D eigenvalue weighted by atomic mass is 10.0. The Morgan fingerprint density at radius 2 is 1.58 bits per heavy atom. The van der Waals surface area contributed by atoms with Gasteiger partial charge in [-0.2, -0.15) is 0 Å². The number of nitrogens with one attached hydrogen (secondary N) is 1. The Morgan fingerprint density at radius 3 is 2.19 bits per heavy atom. The fourth-order valence-electron chi connectivity index (χ4n) is 2.68. The minimum Gasteiger partial charge on any atom is -0.462 e. The Bertz CT molecular complexity index is 828. The van der Waals surface area contributed by atoms with Crippen molar-refractivity contribution < 1.29 is 9.53 Å². The fraction of sp³-hybridized carbons (Fsp3) is 0.182. The SMILES string of the molecule is CCOC(=O)c1ccc(-c2ccc(CNCc3cccnc3)cc2)cc1. The van der Waals surface area contributed by atoms with Gasteiger partial charge in [-0.1, -0.05) is 42.5 Å². The molecule has 1 aromatic heterocycles. The van der Waals surface area contributed by atoms with Gasteiger partial charge in [-0.15, -0.1) is 0 Å². The lowest BCUT2D eigenvalue weighted by molar-refractivity contribution is 0.0526. The third-order valence-electron chi connectivity index (χ3n) is 4.06. The minimum absolute atomic E-state index is 0.283. The standard InChI is InChI=1S/C22H22N2O2/c1-2-26-22(25)21-11-9-20(10-12-21)19-7-5-17(6-8-19)14-24-16-18-4-3-13-23-15-18/h3-13,15,24H,2,14,16H2,1H3. The highest BCUT2D eigenvalue weighted by atomic mass is 16.5. The molecule has 4 nitrogen and oxygen atoms in total. The van der Waals surface area contributed by atoms with Crippen molar-refractivity contribution in [1.82, 2.24) is 10.3 Å². The van der Waals surface area contributed by atoms with Crippen LogP contribution in [0.4, 0.5) is 0 Å². The number of ether oxygens (including phenoxy) is 1. The number of hydrogen-bond acceptors (Lipinski definition) is 4. The first-order valence-corrected chi connectivity index (χ1v) is 8.72. The smallest absolute Gasteiger partial charge is 0.338 e. The number of pyridine rings is 1. The van der Waals surface area contributed by atoms with Gasteiger partial charge in [0.05, 0.1) is 12.2 Å². The first-order chi connectivity index (χ1) is 12.8. The minimum atomic E-state index is -0.283. The Balaban J connectivity index is 1.57. The van der Waals surface area contributed by atoms with E-state index in [4.69, 9.17) is 4.74 Å². The molecule has 0 aliphatic rings. The van der Waals surface area contributed by atoms with Crippen molar-refractivity contribution in [3.8, 4) is 11.1 Å². The molecule has 2 aromatic carbocycles. The number of carbonyl (C=O) groups is 1. The van der Waals surface area contributed by atoms with Crippen molar-refractivity contribution in [2.24, 2.45) is 0 Å². The fourth-order valence-corrected chi connectivity index (χ4v) is 2.68. The predicted molar refractivity (Wildman–Crippen MR) is 103 cm³/mol. The van der Waals surface area contributed by atoms with Crippen molar-refractivity contribution in [3.05, 3.63) is 89.7 Å². The van der Waals surface area contributed by atoms with E-state index in [-0.39, 0.29) is 5.97 Å². The Kier molecular flexibility index (Phi) is 6.12. The highest BCUT2D eigenvalue weighted by Gasteiger charge is 2.06. The van der Waals surface area contributed by atoms with Crippen LogP contribution in [0.1, 0.15) is 28.4 Å². The molecule has 0 bridgehead atoms. The lowest BCUT2D eigenvalue weighted by Gasteiger charge is -2.07. The maximum atomic E-state index is 11.7. The molecule has 0 saturated carbocycles. The molecule has 3 rings (SSSR count). The molecule has 0 spiro atoms. The first kappa shape index (κ1) is 17.8. The number of hydrogen-bond donors (Lipinski definition) is 1. The predicted octanol–water partition coefficient (Wildman–Crippen LogP) is 4.22. The summed E-state index contributed by atoms with van der Waals surface area (Å²) in [5.74, 6) is -0.283. The number of esters is 1. The third-order valence-corrected chi connectivity index (χ3v) is 4.06. The molecule has 4 heteroatoms. The van der Waals surface area contributed by atoms with Crippen LogP contribution in [0.5, 0.6) is 0 Å². The van der Waals surface area contributed by atoms with Gasteiger partial charge in [-0.25, -0.2) is 4.79 Å². The zero-order chi connectivity index (χ0) is 18.2. The van der Waals surface area contributed by atoms with E-state index in [0.717, 1.165) is 24.2 Å². The quantitative estimate of drug-likeness (QED) is 0.651. The second kappa shape index (κ2) is 8.92. The Labute approximate surface area is 153 Å². The van der Waals surface area contributed by atoms with Gasteiger partial charge in [0.1, 0.15) is 0 Å². The van der Waals surface area contributed by atoms with Crippen molar-refractivity contribution in [1.29, 1.82) is 0 Å². The number of benzene rings is 2. The lowest BCUT2D eigenvalue weighted by Crippen LogP contribution is -2.12. The average molecular weight is 346 g/mol. The Morgan fingerprint density at radius 1 is 0.923 bits per heavy atom. The highest BCUT2D eigenvalue weighted by Crippen LogP contribution is 2.20. The van der Waals surface area contributed by atoms with Crippen molar-refractivity contribution in [2.45, 2.75) is 20.0 Å². The summed E-state index contributed by atoms with van der Waals surface area (Å²) in [5, 5.41) is 3.42. The molecule has 132 valence electrons. The van der Waals surface area contributed by atoms with Gasteiger partial charge in [0, 0.05) is 25.5 Å². The van der Waals surface area contributed by atoms with Gasteiger partial charge in [0.25, 0.3) is 0 Å². The van der Waals surface area contributed by atoms with E-state index in [0.29, 0.717) is 12.2 Å². The molecule has 0 amide bonds. The highest BCUT2D eigenvalue weighted by molar-refractivity contribution is 5.90. The van der Waals surface area contributed by atoms with E-state index in [9.17, 15) is 4.79 Å². The van der Waals surface area contributed by atoms with E-state index >= 15 is 0 Å². The number of rotatable bonds is 7. The molecular formula is C22H22N2O2. The van der Waals surface area contributed by atoms with Crippen LogP contribution in [0.25, 0.3) is 11.1 Å². The van der Waals surface area contributed by atoms with Crippen LogP contribution in [-0.2, 0) is 17.8 Å². The van der Waals surface area contributed by atoms with Crippen molar-refractivity contribution >= 4 is 5.97 Å². The van der Waals surface area contributed by atoms with Crippen LogP contribution in [-0.4, -0.2) is 17.6 Å². The summed E-state index contributed by atoms with van der Waals surface area (Å²) < 4.78 is 5.01. The van der Waals surface area contributed by atoms with Gasteiger partial charge in [0.2, 0.25) is 0 Å². The number of carbonyl (C=O) groups excluding carboxylic acids is 1.